The van der Waals surface area contributed by atoms with Gasteiger partial charge in [-0.15, -0.1) is 0 Å². The molecule has 0 aromatic heterocycles. The van der Waals surface area contributed by atoms with Crippen molar-refractivity contribution in [1.82, 2.24) is 0 Å². The van der Waals surface area contributed by atoms with Gasteiger partial charge in [0.05, 0.1) is 0 Å². The lowest BCUT2D eigenvalue weighted by atomic mass is 9.52. The predicted octanol–water partition coefficient (Wildman–Crippen LogP) is 6.43. The van der Waals surface area contributed by atoms with Crippen molar-refractivity contribution < 1.29 is 0 Å². The van der Waals surface area contributed by atoms with Crippen LogP contribution in [-0.2, 0) is 0 Å². The normalized spacial score (nSPS) is 14.3. The maximum absolute atomic E-state index is 2.45. The number of hydrogen-bond acceptors (Lipinski definition) is 0. The minimum atomic E-state index is 0.421. The second-order valence-corrected chi connectivity index (χ2v) is 5.19. The molecule has 0 saturated carbocycles. The largest absolute Gasteiger partial charge is 0.140 e. The van der Waals surface area contributed by atoms with Crippen molar-refractivity contribution in [3.8, 4) is 11.1 Å². The van der Waals surface area contributed by atoms with Crippen molar-refractivity contribution in [1.29, 1.82) is 0 Å². The maximum Gasteiger partial charge on any atom is 0.140 e. The van der Waals surface area contributed by atoms with Gasteiger partial charge in [0.15, 0.2) is 0 Å². The Balaban J connectivity index is 0.000000448. The van der Waals surface area contributed by atoms with E-state index in [9.17, 15) is 0 Å². The van der Waals surface area contributed by atoms with Crippen molar-refractivity contribution in [3.63, 3.8) is 0 Å². The molecule has 0 fully saturated rings. The number of fused-ring (bicyclic) bond motifs is 3. The van der Waals surface area contributed by atoms with E-state index in [1.807, 2.05) is 27.7 Å². The van der Waals surface area contributed by atoms with E-state index in [-0.39, 0.29) is 0 Å². The molecular formula is C22H26B. The van der Waals surface area contributed by atoms with Crippen molar-refractivity contribution in [2.45, 2.75) is 39.3 Å². The van der Waals surface area contributed by atoms with E-state index < -0.39 is 0 Å². The minimum Gasteiger partial charge on any atom is -0.0856 e. The fraction of sp³-hybridized carbons (Fsp3) is 0.273. The van der Waals surface area contributed by atoms with Crippen LogP contribution in [0.2, 0.25) is 5.82 Å². The molecule has 23 heavy (non-hydrogen) atoms. The molecule has 0 bridgehead atoms. The van der Waals surface area contributed by atoms with E-state index >= 15 is 0 Å². The molecule has 0 heterocycles. The van der Waals surface area contributed by atoms with Gasteiger partial charge in [-0.05, 0) is 33.9 Å². The first-order valence-corrected chi connectivity index (χ1v) is 8.82. The van der Waals surface area contributed by atoms with E-state index in [1.54, 1.807) is 0 Å². The Morgan fingerprint density at radius 2 is 1.09 bits per heavy atom. The van der Waals surface area contributed by atoms with Gasteiger partial charge < -0.3 is 0 Å². The zero-order chi connectivity index (χ0) is 16.7. The zero-order valence-corrected chi connectivity index (χ0v) is 14.7. The van der Waals surface area contributed by atoms with Gasteiger partial charge in [-0.3, -0.25) is 0 Å². The third kappa shape index (κ3) is 3.50. The first-order chi connectivity index (χ1) is 11.4. The fourth-order valence-corrected chi connectivity index (χ4v) is 3.20. The summed E-state index contributed by atoms with van der Waals surface area (Å²) >= 11 is 0. The van der Waals surface area contributed by atoms with Gasteiger partial charge in [0.25, 0.3) is 0 Å². The molecule has 0 nitrogen and oxygen atoms in total. The molecule has 117 valence electrons. The molecule has 0 atom stereocenters. The van der Waals surface area contributed by atoms with E-state index in [1.165, 1.54) is 22.3 Å². The fourth-order valence-electron chi connectivity index (χ4n) is 3.20. The van der Waals surface area contributed by atoms with Gasteiger partial charge in [0.1, 0.15) is 7.28 Å². The van der Waals surface area contributed by atoms with Gasteiger partial charge >= 0.3 is 0 Å². The topological polar surface area (TPSA) is 0 Å². The van der Waals surface area contributed by atoms with Crippen LogP contribution in [0.1, 0.15) is 44.6 Å². The van der Waals surface area contributed by atoms with E-state index in [0.29, 0.717) is 11.6 Å². The van der Waals surface area contributed by atoms with Crippen molar-refractivity contribution >= 4 is 7.28 Å². The summed E-state index contributed by atoms with van der Waals surface area (Å²) in [6.45, 7) is 8.00. The first kappa shape index (κ1) is 17.3. The molecule has 2 aromatic carbocycles. The van der Waals surface area contributed by atoms with Gasteiger partial charge in [-0.2, -0.15) is 0 Å². The summed E-state index contributed by atoms with van der Waals surface area (Å²) in [7, 11) is 2.45. The van der Waals surface area contributed by atoms with Crippen molar-refractivity contribution in [3.05, 3.63) is 84.0 Å². The maximum atomic E-state index is 2.45. The average Bonchev–Trinajstić information content (AvgIpc) is 3.26. The predicted molar refractivity (Wildman–Crippen MR) is 104 cm³/mol. The standard InChI is InChI=1S/C18H14B.2C2H6/c1-2-8-13(7-1)19-18-16-11-5-3-9-14(16)15-10-4-6-12-17(15)18;2*1-2/h1-13,18H;2*1-2H3. The zero-order valence-electron chi connectivity index (χ0n) is 14.7. The molecular weight excluding hydrogens is 275 g/mol. The second-order valence-electron chi connectivity index (χ2n) is 5.19. The highest BCUT2D eigenvalue weighted by Gasteiger charge is 2.29. The summed E-state index contributed by atoms with van der Waals surface area (Å²) in [5.41, 5.74) is 5.67. The summed E-state index contributed by atoms with van der Waals surface area (Å²) in [4.78, 5) is 0. The van der Waals surface area contributed by atoms with Crippen LogP contribution in [0.15, 0.2) is 72.8 Å². The van der Waals surface area contributed by atoms with Gasteiger partial charge in [0, 0.05) is 0 Å². The van der Waals surface area contributed by atoms with Crippen molar-refractivity contribution in [2.75, 3.05) is 0 Å². The van der Waals surface area contributed by atoms with Crippen LogP contribution in [-0.4, -0.2) is 7.28 Å². The number of rotatable bonds is 2. The van der Waals surface area contributed by atoms with Crippen LogP contribution in [0.4, 0.5) is 0 Å². The summed E-state index contributed by atoms with van der Waals surface area (Å²) in [5.74, 6) is 0.883. The lowest BCUT2D eigenvalue weighted by molar-refractivity contribution is 1.14. The molecule has 1 radical (unpaired) electrons. The first-order valence-electron chi connectivity index (χ1n) is 8.82. The summed E-state index contributed by atoms with van der Waals surface area (Å²) < 4.78 is 0. The second kappa shape index (κ2) is 8.57. The molecule has 0 aliphatic heterocycles. The monoisotopic (exact) mass is 301 g/mol. The SMILES string of the molecule is CC.CC.[B](C1C=CC=C1)C1c2ccccc2-c2ccccc21. The summed E-state index contributed by atoms with van der Waals surface area (Å²) in [6.07, 6.45) is 8.77. The van der Waals surface area contributed by atoms with Crippen LogP contribution in [0, 0.1) is 0 Å². The third-order valence-electron chi connectivity index (χ3n) is 4.07. The Kier molecular flexibility index (Phi) is 6.46. The van der Waals surface area contributed by atoms with Crippen LogP contribution >= 0.6 is 0 Å². The summed E-state index contributed by atoms with van der Waals surface area (Å²) in [6, 6.07) is 17.6. The molecule has 1 heteroatoms. The number of benzene rings is 2. The van der Waals surface area contributed by atoms with E-state index in [0.717, 1.165) is 0 Å². The molecule has 0 spiro atoms. The van der Waals surface area contributed by atoms with Crippen LogP contribution in [0.25, 0.3) is 11.1 Å². The third-order valence-corrected chi connectivity index (χ3v) is 4.07. The lowest BCUT2D eigenvalue weighted by Crippen LogP contribution is -2.10. The Morgan fingerprint density at radius 1 is 0.652 bits per heavy atom. The van der Waals surface area contributed by atoms with Crippen LogP contribution < -0.4 is 0 Å². The highest BCUT2D eigenvalue weighted by atomic mass is 14.3. The average molecular weight is 301 g/mol. The number of allylic oxidation sites excluding steroid dienone is 4. The van der Waals surface area contributed by atoms with E-state index in [2.05, 4.69) is 80.1 Å². The summed E-state index contributed by atoms with van der Waals surface area (Å²) in [5, 5.41) is 0. The Bertz CT molecular complexity index is 624. The lowest BCUT2D eigenvalue weighted by Gasteiger charge is -2.14. The molecule has 2 aliphatic rings. The quantitative estimate of drug-likeness (QED) is 0.561. The highest BCUT2D eigenvalue weighted by Crippen LogP contribution is 2.45. The number of hydrogen-bond donors (Lipinski definition) is 0. The van der Waals surface area contributed by atoms with E-state index in [4.69, 9.17) is 0 Å². The molecule has 0 saturated heterocycles. The van der Waals surface area contributed by atoms with Gasteiger partial charge in [-0.1, -0.05) is 101 Å². The Morgan fingerprint density at radius 3 is 1.57 bits per heavy atom. The van der Waals surface area contributed by atoms with Crippen LogP contribution in [0.3, 0.4) is 0 Å². The molecule has 0 unspecified atom stereocenters. The molecule has 2 aliphatic carbocycles. The highest BCUT2D eigenvalue weighted by molar-refractivity contribution is 6.43. The van der Waals surface area contributed by atoms with Gasteiger partial charge in [-0.25, -0.2) is 0 Å². The Labute approximate surface area is 142 Å². The molecule has 2 aromatic rings. The molecule has 0 amide bonds. The molecule has 4 rings (SSSR count). The molecule has 0 N–H and O–H groups in total. The van der Waals surface area contributed by atoms with Crippen LogP contribution in [0.5, 0.6) is 0 Å². The minimum absolute atomic E-state index is 0.421. The van der Waals surface area contributed by atoms with Crippen molar-refractivity contribution in [2.24, 2.45) is 0 Å². The Hall–Kier alpha value is -2.02. The van der Waals surface area contributed by atoms with Gasteiger partial charge in [0.2, 0.25) is 0 Å². The smallest absolute Gasteiger partial charge is 0.0856 e.